The van der Waals surface area contributed by atoms with Crippen molar-refractivity contribution in [2.24, 2.45) is 0 Å². The van der Waals surface area contributed by atoms with Gasteiger partial charge in [-0.25, -0.2) is 0 Å². The minimum atomic E-state index is -5.02. The minimum Gasteiger partial charge on any atom is -0.475 e. The smallest absolute Gasteiger partial charge is 0.429 e. The fourth-order valence-electron chi connectivity index (χ4n) is 1.37. The molecule has 21 heavy (non-hydrogen) atoms. The van der Waals surface area contributed by atoms with Crippen LogP contribution in [0.25, 0.3) is 0 Å². The first-order chi connectivity index (χ1) is 9.25. The molecule has 0 saturated carbocycles. The number of alkyl halides is 3. The topological polar surface area (TPSA) is 63.6 Å². The molecule has 1 rings (SSSR count). The Morgan fingerprint density at radius 1 is 1.19 bits per heavy atom. The van der Waals surface area contributed by atoms with E-state index in [1.165, 1.54) is 12.1 Å². The Morgan fingerprint density at radius 2 is 1.62 bits per heavy atom. The van der Waals surface area contributed by atoms with Crippen LogP contribution < -0.4 is 4.74 Å². The van der Waals surface area contributed by atoms with Gasteiger partial charge in [-0.15, -0.1) is 0 Å². The molecule has 0 aliphatic rings. The lowest BCUT2D eigenvalue weighted by atomic mass is 10.1. The highest BCUT2D eigenvalue weighted by atomic mass is 79.9. The van der Waals surface area contributed by atoms with Crippen molar-refractivity contribution in [1.82, 2.24) is 0 Å². The second-order valence-corrected chi connectivity index (χ2v) is 8.33. The van der Waals surface area contributed by atoms with E-state index >= 15 is 0 Å². The van der Waals surface area contributed by atoms with Gasteiger partial charge in [-0.05, 0) is 50.9 Å². The molecule has 4 nitrogen and oxygen atoms in total. The third kappa shape index (κ3) is 5.08. The number of rotatable bonds is 4. The van der Waals surface area contributed by atoms with E-state index in [2.05, 4.69) is 47.8 Å². The van der Waals surface area contributed by atoms with Crippen molar-refractivity contribution in [1.29, 1.82) is 0 Å². The summed E-state index contributed by atoms with van der Waals surface area (Å²) in [5.41, 5.74) is -3.11. The summed E-state index contributed by atoms with van der Waals surface area (Å²) in [7, 11) is -4.90. The van der Waals surface area contributed by atoms with Gasteiger partial charge >= 0.3 is 6.18 Å². The van der Waals surface area contributed by atoms with Crippen LogP contribution in [-0.2, 0) is 10.1 Å². The summed E-state index contributed by atoms with van der Waals surface area (Å²) < 4.78 is 75.6. The molecule has 0 radical (unpaired) electrons. The SMILES string of the molecule is CC(CS(=O)(=O)O)(Oc1c(Br)cc(Br)cc1Br)C(F)(F)F. The van der Waals surface area contributed by atoms with E-state index in [1.807, 2.05) is 0 Å². The molecule has 0 saturated heterocycles. The fraction of sp³-hybridized carbons (Fsp3) is 0.400. The summed E-state index contributed by atoms with van der Waals surface area (Å²) in [4.78, 5) is 0. The summed E-state index contributed by atoms with van der Waals surface area (Å²) in [6.45, 7) is 0.543. The second-order valence-electron chi connectivity index (χ2n) is 4.26. The van der Waals surface area contributed by atoms with Crippen molar-refractivity contribution in [3.63, 3.8) is 0 Å². The Morgan fingerprint density at radius 3 is 1.95 bits per heavy atom. The van der Waals surface area contributed by atoms with Crippen molar-refractivity contribution < 1.29 is 30.9 Å². The van der Waals surface area contributed by atoms with E-state index in [4.69, 9.17) is 9.29 Å². The van der Waals surface area contributed by atoms with Crippen LogP contribution in [0.15, 0.2) is 25.6 Å². The zero-order valence-corrected chi connectivity index (χ0v) is 15.8. The van der Waals surface area contributed by atoms with Crippen LogP contribution in [0.2, 0.25) is 0 Å². The van der Waals surface area contributed by atoms with Crippen LogP contribution in [0.4, 0.5) is 13.2 Å². The lowest BCUT2D eigenvalue weighted by Crippen LogP contribution is -2.52. The largest absolute Gasteiger partial charge is 0.475 e. The zero-order valence-electron chi connectivity index (χ0n) is 10.2. The highest BCUT2D eigenvalue weighted by Crippen LogP contribution is 2.42. The van der Waals surface area contributed by atoms with E-state index in [-0.39, 0.29) is 14.7 Å². The van der Waals surface area contributed by atoms with Crippen LogP contribution in [0.1, 0.15) is 6.92 Å². The van der Waals surface area contributed by atoms with E-state index in [0.29, 0.717) is 11.4 Å². The molecule has 1 aromatic carbocycles. The lowest BCUT2D eigenvalue weighted by molar-refractivity contribution is -0.233. The fourth-order valence-corrected chi connectivity index (χ4v) is 4.71. The maximum atomic E-state index is 13.1. The minimum absolute atomic E-state index is 0.176. The average molecular weight is 521 g/mol. The predicted molar refractivity (Wildman–Crippen MR) is 81.0 cm³/mol. The maximum absolute atomic E-state index is 13.1. The number of hydrogen-bond donors (Lipinski definition) is 1. The molecule has 0 aliphatic carbocycles. The Kier molecular flexibility index (Phi) is 5.80. The molecule has 1 unspecified atom stereocenters. The molecule has 1 N–H and O–H groups in total. The van der Waals surface area contributed by atoms with Gasteiger partial charge in [0.25, 0.3) is 10.1 Å². The van der Waals surface area contributed by atoms with Crippen molar-refractivity contribution in [3.05, 3.63) is 25.6 Å². The molecule has 0 spiro atoms. The van der Waals surface area contributed by atoms with Gasteiger partial charge in [0.2, 0.25) is 5.60 Å². The highest BCUT2D eigenvalue weighted by Gasteiger charge is 2.56. The van der Waals surface area contributed by atoms with Crippen LogP contribution in [0, 0.1) is 0 Å². The van der Waals surface area contributed by atoms with Gasteiger partial charge in [0.1, 0.15) is 11.5 Å². The predicted octanol–water partition coefficient (Wildman–Crippen LogP) is 4.56. The van der Waals surface area contributed by atoms with Gasteiger partial charge in [-0.1, -0.05) is 15.9 Å². The Bertz CT molecular complexity index is 624. The summed E-state index contributed by atoms with van der Waals surface area (Å²) in [6, 6.07) is 2.87. The highest BCUT2D eigenvalue weighted by molar-refractivity contribution is 9.11. The van der Waals surface area contributed by atoms with E-state index in [0.717, 1.165) is 0 Å². The molecule has 0 heterocycles. The molecular formula is C10H8Br3F3O4S. The maximum Gasteiger partial charge on any atom is 0.429 e. The second kappa shape index (κ2) is 6.34. The molecule has 1 atom stereocenters. The van der Waals surface area contributed by atoms with Crippen LogP contribution in [-0.4, -0.2) is 30.5 Å². The molecule has 1 aromatic rings. The molecule has 0 amide bonds. The van der Waals surface area contributed by atoms with Crippen LogP contribution >= 0.6 is 47.8 Å². The van der Waals surface area contributed by atoms with Gasteiger partial charge in [0, 0.05) is 4.47 Å². The standard InChI is InChI=1S/C10H8Br3F3O4S/c1-9(10(14,15)16,4-21(17,18)19)20-8-6(12)2-5(11)3-7(8)13/h2-3H,4H2,1H3,(H,17,18,19). The monoisotopic (exact) mass is 518 g/mol. The normalized spacial score (nSPS) is 15.6. The van der Waals surface area contributed by atoms with Gasteiger partial charge in [0.05, 0.1) is 8.95 Å². The summed E-state index contributed by atoms with van der Waals surface area (Å²) >= 11 is 9.21. The van der Waals surface area contributed by atoms with Crippen molar-refractivity contribution in [3.8, 4) is 5.75 Å². The van der Waals surface area contributed by atoms with Crippen LogP contribution in [0.5, 0.6) is 5.75 Å². The van der Waals surface area contributed by atoms with Crippen molar-refractivity contribution in [2.45, 2.75) is 18.7 Å². The third-order valence-corrected chi connectivity index (χ3v) is 4.90. The van der Waals surface area contributed by atoms with Crippen LogP contribution in [0.3, 0.4) is 0 Å². The molecule has 120 valence electrons. The number of ether oxygens (including phenoxy) is 1. The summed E-state index contributed by atoms with van der Waals surface area (Å²) in [5, 5.41) is 0. The van der Waals surface area contributed by atoms with E-state index in [1.54, 1.807) is 0 Å². The molecule has 0 aliphatic heterocycles. The molecule has 11 heteroatoms. The van der Waals surface area contributed by atoms with Gasteiger partial charge in [0.15, 0.2) is 0 Å². The number of hydrogen-bond acceptors (Lipinski definition) is 3. The first kappa shape index (κ1) is 19.2. The lowest BCUT2D eigenvalue weighted by Gasteiger charge is -2.32. The summed E-state index contributed by atoms with van der Waals surface area (Å²) in [6.07, 6.45) is -5.02. The molecule has 0 bridgehead atoms. The number of halogens is 6. The quantitative estimate of drug-likeness (QED) is 0.591. The van der Waals surface area contributed by atoms with E-state index < -0.39 is 27.6 Å². The van der Waals surface area contributed by atoms with Gasteiger partial charge in [-0.3, -0.25) is 4.55 Å². The molecule has 0 aromatic heterocycles. The zero-order chi connectivity index (χ0) is 16.6. The Hall–Kier alpha value is 0.160. The van der Waals surface area contributed by atoms with Gasteiger partial charge < -0.3 is 4.74 Å². The Labute approximate surface area is 144 Å². The van der Waals surface area contributed by atoms with Gasteiger partial charge in [-0.2, -0.15) is 21.6 Å². The first-order valence-corrected chi connectivity index (χ1v) is 9.09. The van der Waals surface area contributed by atoms with Crippen molar-refractivity contribution in [2.75, 3.05) is 5.75 Å². The first-order valence-electron chi connectivity index (χ1n) is 5.10. The van der Waals surface area contributed by atoms with E-state index in [9.17, 15) is 21.6 Å². The Balaban J connectivity index is 3.33. The third-order valence-electron chi connectivity index (χ3n) is 2.35. The van der Waals surface area contributed by atoms with Crippen molar-refractivity contribution >= 4 is 57.9 Å². The average Bonchev–Trinajstić information content (AvgIpc) is 2.19. The molecular weight excluding hydrogens is 513 g/mol. The number of benzene rings is 1. The molecule has 0 fully saturated rings. The summed E-state index contributed by atoms with van der Waals surface area (Å²) in [5.74, 6) is -1.86.